The van der Waals surface area contributed by atoms with Crippen LogP contribution in [0.3, 0.4) is 0 Å². The Morgan fingerprint density at radius 1 is 1.32 bits per heavy atom. The smallest absolute Gasteiger partial charge is 0.246 e. The summed E-state index contributed by atoms with van der Waals surface area (Å²) in [5.41, 5.74) is 3.27. The highest BCUT2D eigenvalue weighted by molar-refractivity contribution is 5.85. The van der Waals surface area contributed by atoms with E-state index in [2.05, 4.69) is 47.4 Å². The van der Waals surface area contributed by atoms with Gasteiger partial charge >= 0.3 is 0 Å². The first-order valence-corrected chi connectivity index (χ1v) is 6.92. The van der Waals surface area contributed by atoms with E-state index in [1.54, 1.807) is 0 Å². The molecule has 0 aromatic heterocycles. The first-order valence-electron chi connectivity index (χ1n) is 6.92. The van der Waals surface area contributed by atoms with Crippen LogP contribution in [0.2, 0.25) is 0 Å². The minimum absolute atomic E-state index is 0.0113. The molecule has 0 spiro atoms. The molecule has 0 saturated carbocycles. The number of carbonyl (C=O) groups excluding carboxylic acids is 1. The second-order valence-electron chi connectivity index (χ2n) is 5.67. The lowest BCUT2D eigenvalue weighted by Crippen LogP contribution is -2.31. The van der Waals surface area contributed by atoms with Gasteiger partial charge in [-0.05, 0) is 44.6 Å². The minimum atomic E-state index is 0.0113. The summed E-state index contributed by atoms with van der Waals surface area (Å²) in [6.07, 6.45) is 2.58. The monoisotopic (exact) mass is 258 g/mol. The molecule has 1 fully saturated rings. The van der Waals surface area contributed by atoms with Crippen molar-refractivity contribution in [3.05, 3.63) is 23.8 Å². The van der Waals surface area contributed by atoms with Gasteiger partial charge in [0.25, 0.3) is 0 Å². The first kappa shape index (κ1) is 12.5. The van der Waals surface area contributed by atoms with Gasteiger partial charge in [-0.3, -0.25) is 4.79 Å². The van der Waals surface area contributed by atoms with Crippen LogP contribution in [0.1, 0.15) is 18.4 Å². The second kappa shape index (κ2) is 4.85. The van der Waals surface area contributed by atoms with E-state index in [9.17, 15) is 4.79 Å². The van der Waals surface area contributed by atoms with Gasteiger partial charge in [-0.25, -0.2) is 5.32 Å². The molecule has 19 heavy (non-hydrogen) atoms. The van der Waals surface area contributed by atoms with Gasteiger partial charge in [-0.2, -0.15) is 0 Å². The second-order valence-corrected chi connectivity index (χ2v) is 5.67. The Kier molecular flexibility index (Phi) is 3.19. The molecule has 2 heterocycles. The third-order valence-corrected chi connectivity index (χ3v) is 4.18. The van der Waals surface area contributed by atoms with E-state index in [1.807, 2.05) is 0 Å². The molecule has 0 aliphatic carbocycles. The molecule has 1 aromatic rings. The van der Waals surface area contributed by atoms with Crippen LogP contribution in [0.5, 0.6) is 0 Å². The Bertz CT molecular complexity index is 498. The highest BCUT2D eigenvalue weighted by atomic mass is 16.1. The summed E-state index contributed by atoms with van der Waals surface area (Å²) >= 11 is 0. The zero-order valence-corrected chi connectivity index (χ0v) is 11.6. The molecule has 4 heteroatoms. The number of carbonyl (C=O) groups is 1. The molecule has 1 radical (unpaired) electrons. The number of fused-ring (bicyclic) bond motifs is 1. The number of anilines is 1. The van der Waals surface area contributed by atoms with Crippen molar-refractivity contribution in [2.45, 2.75) is 25.3 Å². The Balaban J connectivity index is 1.79. The van der Waals surface area contributed by atoms with Crippen LogP contribution in [0.25, 0.3) is 0 Å². The van der Waals surface area contributed by atoms with E-state index in [0.717, 1.165) is 25.2 Å². The summed E-state index contributed by atoms with van der Waals surface area (Å²) in [7, 11) is 4.27. The Morgan fingerprint density at radius 2 is 2.16 bits per heavy atom. The molecule has 0 bridgehead atoms. The van der Waals surface area contributed by atoms with Crippen molar-refractivity contribution in [3.63, 3.8) is 0 Å². The average Bonchev–Trinajstić information content (AvgIpc) is 2.87. The predicted octanol–water partition coefficient (Wildman–Crippen LogP) is 1.54. The van der Waals surface area contributed by atoms with Gasteiger partial charge in [-0.15, -0.1) is 0 Å². The number of aryl methyl sites for hydroxylation is 1. The number of likely N-dealkylation sites (N-methyl/N-ethyl adjacent to an activating group) is 1. The summed E-state index contributed by atoms with van der Waals surface area (Å²) in [4.78, 5) is 16.1. The van der Waals surface area contributed by atoms with Crippen molar-refractivity contribution in [1.29, 1.82) is 0 Å². The molecule has 0 N–H and O–H groups in total. The quantitative estimate of drug-likeness (QED) is 0.807. The molecule has 1 atom stereocenters. The van der Waals surface area contributed by atoms with Crippen LogP contribution in [0.15, 0.2) is 18.2 Å². The summed E-state index contributed by atoms with van der Waals surface area (Å²) in [5, 5.41) is 4.16. The normalized spacial score (nSPS) is 22.6. The Hall–Kier alpha value is -1.55. The van der Waals surface area contributed by atoms with Gasteiger partial charge in [0.05, 0.1) is 5.69 Å². The minimum Gasteiger partial charge on any atom is -0.370 e. The highest BCUT2D eigenvalue weighted by Gasteiger charge is 2.25. The van der Waals surface area contributed by atoms with E-state index in [-0.39, 0.29) is 5.91 Å². The summed E-state index contributed by atoms with van der Waals surface area (Å²) in [6, 6.07) is 6.99. The number of amides is 1. The van der Waals surface area contributed by atoms with E-state index in [0.29, 0.717) is 12.5 Å². The lowest BCUT2D eigenvalue weighted by atomic mass is 10.0. The number of benzene rings is 1. The topological polar surface area (TPSA) is 37.7 Å². The van der Waals surface area contributed by atoms with Crippen molar-refractivity contribution in [3.8, 4) is 0 Å². The van der Waals surface area contributed by atoms with Gasteiger partial charge in [0.1, 0.15) is 0 Å². The van der Waals surface area contributed by atoms with Crippen LogP contribution in [0, 0.1) is 0 Å². The fraction of sp³-hybridized carbons (Fsp3) is 0.533. The van der Waals surface area contributed by atoms with E-state index in [1.165, 1.54) is 17.7 Å². The Labute approximate surface area is 114 Å². The lowest BCUT2D eigenvalue weighted by Gasteiger charge is -2.23. The van der Waals surface area contributed by atoms with Gasteiger partial charge < -0.3 is 9.80 Å². The van der Waals surface area contributed by atoms with Crippen molar-refractivity contribution >= 4 is 17.3 Å². The van der Waals surface area contributed by atoms with Gasteiger partial charge in [0.15, 0.2) is 0 Å². The maximum absolute atomic E-state index is 11.4. The summed E-state index contributed by atoms with van der Waals surface area (Å²) < 4.78 is 0. The van der Waals surface area contributed by atoms with Gasteiger partial charge in [0, 0.05) is 31.2 Å². The molecule has 1 unspecified atom stereocenters. The number of hydrogen-bond donors (Lipinski definition) is 0. The molecule has 2 aliphatic heterocycles. The number of nitrogens with zero attached hydrogens (tertiary/aromatic N) is 3. The SMILES string of the molecule is CN(C)C1CCN(c2ccc3c(c2)[N]C(=O)CC3)C1. The van der Waals surface area contributed by atoms with Crippen molar-refractivity contribution < 1.29 is 4.79 Å². The molecule has 1 saturated heterocycles. The molecular weight excluding hydrogens is 238 g/mol. The van der Waals surface area contributed by atoms with Crippen LogP contribution in [-0.4, -0.2) is 44.0 Å². The lowest BCUT2D eigenvalue weighted by molar-refractivity contribution is -0.120. The molecule has 2 aliphatic rings. The number of hydrogen-bond acceptors (Lipinski definition) is 3. The van der Waals surface area contributed by atoms with E-state index >= 15 is 0 Å². The molecule has 1 amide bonds. The molecular formula is C15H20N3O. The summed E-state index contributed by atoms with van der Waals surface area (Å²) in [5.74, 6) is 0.0113. The van der Waals surface area contributed by atoms with Crippen LogP contribution in [0.4, 0.5) is 11.4 Å². The third kappa shape index (κ3) is 2.45. The van der Waals surface area contributed by atoms with Crippen LogP contribution >= 0.6 is 0 Å². The van der Waals surface area contributed by atoms with Gasteiger partial charge in [0.2, 0.25) is 5.91 Å². The molecule has 1 aromatic carbocycles. The third-order valence-electron chi connectivity index (χ3n) is 4.18. The predicted molar refractivity (Wildman–Crippen MR) is 75.9 cm³/mol. The molecule has 3 rings (SSSR count). The highest BCUT2D eigenvalue weighted by Crippen LogP contribution is 2.30. The van der Waals surface area contributed by atoms with Crippen molar-refractivity contribution in [1.82, 2.24) is 10.2 Å². The maximum atomic E-state index is 11.4. The van der Waals surface area contributed by atoms with Crippen LogP contribution < -0.4 is 10.2 Å². The molecule has 101 valence electrons. The zero-order valence-electron chi connectivity index (χ0n) is 11.6. The maximum Gasteiger partial charge on any atom is 0.246 e. The first-order chi connectivity index (χ1) is 9.13. The Morgan fingerprint density at radius 3 is 2.89 bits per heavy atom. The number of rotatable bonds is 2. The zero-order chi connectivity index (χ0) is 13.4. The van der Waals surface area contributed by atoms with Gasteiger partial charge in [-0.1, -0.05) is 6.07 Å². The average molecular weight is 258 g/mol. The fourth-order valence-electron chi connectivity index (χ4n) is 2.89. The largest absolute Gasteiger partial charge is 0.370 e. The van der Waals surface area contributed by atoms with E-state index < -0.39 is 0 Å². The fourth-order valence-corrected chi connectivity index (χ4v) is 2.89. The van der Waals surface area contributed by atoms with Crippen molar-refractivity contribution in [2.75, 3.05) is 32.1 Å². The van der Waals surface area contributed by atoms with Crippen molar-refractivity contribution in [2.24, 2.45) is 0 Å². The van der Waals surface area contributed by atoms with Crippen LogP contribution in [-0.2, 0) is 11.2 Å². The van der Waals surface area contributed by atoms with E-state index in [4.69, 9.17) is 0 Å². The molecule has 4 nitrogen and oxygen atoms in total. The standard InChI is InChI=1S/C15H20N3O/c1-17(2)13-7-8-18(10-13)12-5-3-11-4-6-15(19)16-14(11)9-12/h3,5,9,13H,4,6-8,10H2,1-2H3. The summed E-state index contributed by atoms with van der Waals surface area (Å²) in [6.45, 7) is 2.13.